The summed E-state index contributed by atoms with van der Waals surface area (Å²) in [4.78, 5) is 141. The number of nitrogens with one attached hydrogen (secondary N) is 8. The number of phenols is 1. The molecule has 0 saturated heterocycles. The van der Waals surface area contributed by atoms with Crippen molar-refractivity contribution >= 4 is 76.0 Å². The maximum absolute atomic E-state index is 14.4. The smallest absolute Gasteiger partial charge is 0.326 e. The molecule has 9 amide bonds. The second-order valence-electron chi connectivity index (χ2n) is 18.4. The molecule has 76 heavy (non-hydrogen) atoms. The van der Waals surface area contributed by atoms with Crippen molar-refractivity contribution in [2.75, 3.05) is 13.2 Å². The van der Waals surface area contributed by atoms with Crippen LogP contribution in [0, 0.1) is 11.8 Å². The minimum Gasteiger partial charge on any atom is -0.508 e. The molecule has 27 nitrogen and oxygen atoms in total. The summed E-state index contributed by atoms with van der Waals surface area (Å²) in [6.45, 7) is 5.83. The lowest BCUT2D eigenvalue weighted by Crippen LogP contribution is -2.62. The van der Waals surface area contributed by atoms with Gasteiger partial charge in [0, 0.05) is 36.5 Å². The number of nitrogens with zero attached hydrogens (tertiary/aromatic N) is 1. The van der Waals surface area contributed by atoms with Gasteiger partial charge < -0.3 is 86.2 Å². The lowest BCUT2D eigenvalue weighted by molar-refractivity contribution is -0.142. The van der Waals surface area contributed by atoms with Crippen LogP contribution in [0.4, 0.5) is 0 Å². The molecule has 0 aliphatic rings. The van der Waals surface area contributed by atoms with Crippen molar-refractivity contribution in [3.8, 4) is 5.75 Å². The number of aliphatic imine (C=N–C) groups is 1. The van der Waals surface area contributed by atoms with E-state index in [-0.39, 0.29) is 56.3 Å². The third kappa shape index (κ3) is 19.5. The Kier molecular flexibility index (Phi) is 24.6. The molecular weight excluding hydrogens is 993 g/mol. The number of amides is 9. The van der Waals surface area contributed by atoms with E-state index in [1.165, 1.54) is 24.3 Å². The van der Waals surface area contributed by atoms with Gasteiger partial charge in [-0.1, -0.05) is 70.9 Å². The van der Waals surface area contributed by atoms with E-state index in [2.05, 4.69) is 47.2 Å². The van der Waals surface area contributed by atoms with Gasteiger partial charge in [0.2, 0.25) is 53.2 Å². The molecule has 3 rings (SSSR count). The Hall–Kier alpha value is -8.33. The van der Waals surface area contributed by atoms with Gasteiger partial charge in [0.05, 0.1) is 25.5 Å². The zero-order valence-corrected chi connectivity index (χ0v) is 42.8. The third-order valence-electron chi connectivity index (χ3n) is 12.5. The molecule has 3 aromatic rings. The number of carbonyl (C=O) groups excluding carboxylic acids is 9. The number of carboxylic acid groups (broad SMARTS) is 1. The zero-order valence-electron chi connectivity index (χ0n) is 42.8. The summed E-state index contributed by atoms with van der Waals surface area (Å²) in [7, 11) is 0. The molecule has 0 aliphatic carbocycles. The number of hydrogen-bond donors (Lipinski definition) is 16. The van der Waals surface area contributed by atoms with E-state index in [4.69, 9.17) is 28.7 Å². The number of carbonyl (C=O) groups is 10. The molecule has 0 aliphatic heterocycles. The molecule has 0 fully saturated rings. The third-order valence-corrected chi connectivity index (χ3v) is 12.5. The van der Waals surface area contributed by atoms with Gasteiger partial charge in [-0.05, 0) is 54.0 Å². The van der Waals surface area contributed by atoms with E-state index >= 15 is 0 Å². The zero-order chi connectivity index (χ0) is 56.8. The standard InChI is InChI=1S/C49H72N14O13/c1-5-24(3)39(52)46(73)62-36(23-64)45(72)63-40(25(4)6-2)47(74)60-34(21-38(51)67)44(71)59-33(20-37(50)66)43(70)57-31(12-9-17-55-49(53)54)41(68)58-32(19-27-22-56-30-11-8-7-10-29(27)30)42(69)61-35(48(75)76)18-26-13-15-28(65)16-14-26/h7-8,10-11,13-16,22,24-25,31-36,39-40,56,64-65H,5-6,9,12,17-21,23,52H2,1-4H3,(H2,50,66)(H2,51,67)(H,57,70)(H,58,68)(H,59,71)(H,60,74)(H,61,69)(H,62,73)(H,63,72)(H,75,76)(H4,53,54,55)/t24-,25-,31-,32-,33-,34-,35-,36-,39-,40-/m0/s1. The van der Waals surface area contributed by atoms with Crippen LogP contribution < -0.4 is 65.9 Å². The van der Waals surface area contributed by atoms with Crippen molar-refractivity contribution in [1.82, 2.24) is 42.2 Å². The van der Waals surface area contributed by atoms with Crippen LogP contribution in [0.25, 0.3) is 10.9 Å². The minimum absolute atomic E-state index is 0.0216. The summed E-state index contributed by atoms with van der Waals surface area (Å²) in [6, 6.07) is 0.283. The Morgan fingerprint density at radius 1 is 0.605 bits per heavy atom. The van der Waals surface area contributed by atoms with Crippen LogP contribution in [-0.4, -0.2) is 147 Å². The predicted octanol–water partition coefficient (Wildman–Crippen LogP) is -3.65. The lowest BCUT2D eigenvalue weighted by Gasteiger charge is -2.29. The monoisotopic (exact) mass is 1060 g/mol. The summed E-state index contributed by atoms with van der Waals surface area (Å²) >= 11 is 0. The SMILES string of the molecule is CC[C@H](C)[C@H](N)C(=O)N[C@@H](CO)C(=O)N[C@H](C(=O)N[C@@H](CC(N)=O)C(=O)N[C@@H](CC(N)=O)C(=O)N[C@@H](CCCN=C(N)N)C(=O)N[C@@H](Cc1c[nH]c2ccccc12)C(=O)N[C@@H](Cc1ccc(O)cc1)C(=O)O)[C@@H](C)CC. The number of benzene rings is 2. The highest BCUT2D eigenvalue weighted by molar-refractivity contribution is 6.00. The number of hydrogen-bond acceptors (Lipinski definition) is 14. The lowest BCUT2D eigenvalue weighted by atomic mass is 9.97. The quantitative estimate of drug-likeness (QED) is 0.0163. The van der Waals surface area contributed by atoms with Gasteiger partial charge in [0.25, 0.3) is 0 Å². The fourth-order valence-corrected chi connectivity index (χ4v) is 7.67. The highest BCUT2D eigenvalue weighted by atomic mass is 16.4. The van der Waals surface area contributed by atoms with Crippen LogP contribution in [-0.2, 0) is 60.8 Å². The van der Waals surface area contributed by atoms with Crippen LogP contribution >= 0.6 is 0 Å². The number of primary amides is 2. The van der Waals surface area contributed by atoms with E-state index in [0.29, 0.717) is 28.5 Å². The second-order valence-corrected chi connectivity index (χ2v) is 18.4. The molecule has 1 aromatic heterocycles. The number of para-hydroxylation sites is 1. The molecule has 0 spiro atoms. The van der Waals surface area contributed by atoms with Crippen LogP contribution in [0.3, 0.4) is 0 Å². The number of aromatic hydroxyl groups is 1. The van der Waals surface area contributed by atoms with Gasteiger partial charge in [-0.15, -0.1) is 0 Å². The van der Waals surface area contributed by atoms with Crippen molar-refractivity contribution in [3.63, 3.8) is 0 Å². The van der Waals surface area contributed by atoms with Crippen molar-refractivity contribution in [3.05, 3.63) is 65.9 Å². The number of phenolic OH excluding ortho intramolecular Hbond substituents is 1. The van der Waals surface area contributed by atoms with Crippen molar-refractivity contribution in [2.24, 2.45) is 45.5 Å². The molecule has 416 valence electrons. The molecule has 0 unspecified atom stereocenters. The van der Waals surface area contributed by atoms with Gasteiger partial charge in [0.15, 0.2) is 5.96 Å². The van der Waals surface area contributed by atoms with E-state index in [1.807, 2.05) is 0 Å². The fraction of sp³-hybridized carbons (Fsp3) is 0.490. The predicted molar refractivity (Wildman–Crippen MR) is 276 cm³/mol. The summed E-state index contributed by atoms with van der Waals surface area (Å²) < 4.78 is 0. The molecule has 21 N–H and O–H groups in total. The molecule has 0 bridgehead atoms. The Balaban J connectivity index is 1.95. The number of fused-ring (bicyclic) bond motifs is 1. The molecule has 10 atom stereocenters. The number of aliphatic hydroxyl groups is 1. The molecular formula is C49H72N14O13. The number of aliphatic hydroxyl groups excluding tert-OH is 1. The number of H-pyrrole nitrogens is 1. The van der Waals surface area contributed by atoms with Crippen LogP contribution in [0.2, 0.25) is 0 Å². The summed E-state index contributed by atoms with van der Waals surface area (Å²) in [6.07, 6.45) is -0.0142. The van der Waals surface area contributed by atoms with Gasteiger partial charge >= 0.3 is 5.97 Å². The molecule has 0 radical (unpaired) electrons. The number of guanidine groups is 1. The number of aromatic amines is 1. The van der Waals surface area contributed by atoms with E-state index in [9.17, 15) is 63.3 Å². The van der Waals surface area contributed by atoms with E-state index < -0.39 is 133 Å². The fourth-order valence-electron chi connectivity index (χ4n) is 7.67. The first-order valence-corrected chi connectivity index (χ1v) is 24.6. The number of aromatic nitrogens is 1. The maximum Gasteiger partial charge on any atom is 0.326 e. The van der Waals surface area contributed by atoms with Crippen molar-refractivity contribution < 1.29 is 63.3 Å². The Morgan fingerprint density at radius 2 is 1.11 bits per heavy atom. The van der Waals surface area contributed by atoms with Gasteiger partial charge in [0.1, 0.15) is 48.0 Å². The summed E-state index contributed by atoms with van der Waals surface area (Å²) in [5.41, 5.74) is 29.6. The van der Waals surface area contributed by atoms with Gasteiger partial charge in [-0.2, -0.15) is 0 Å². The number of nitrogens with two attached hydrogens (primary N) is 5. The number of carboxylic acids is 1. The minimum atomic E-state index is -1.90. The first-order valence-electron chi connectivity index (χ1n) is 24.6. The maximum atomic E-state index is 14.4. The largest absolute Gasteiger partial charge is 0.508 e. The first kappa shape index (κ1) is 62.0. The Morgan fingerprint density at radius 3 is 1.66 bits per heavy atom. The van der Waals surface area contributed by atoms with Crippen molar-refractivity contribution in [1.29, 1.82) is 0 Å². The highest BCUT2D eigenvalue weighted by Gasteiger charge is 2.37. The number of rotatable bonds is 32. The normalized spacial score (nSPS) is 15.0. The van der Waals surface area contributed by atoms with E-state index in [1.54, 1.807) is 58.2 Å². The average Bonchev–Trinajstić information content (AvgIpc) is 3.78. The Labute approximate surface area is 438 Å². The van der Waals surface area contributed by atoms with Crippen LogP contribution in [0.5, 0.6) is 5.75 Å². The molecule has 27 heteroatoms. The molecule has 2 aromatic carbocycles. The van der Waals surface area contributed by atoms with E-state index in [0.717, 1.165) is 0 Å². The van der Waals surface area contributed by atoms with Gasteiger partial charge in [-0.25, -0.2) is 4.79 Å². The van der Waals surface area contributed by atoms with Crippen LogP contribution in [0.15, 0.2) is 59.7 Å². The van der Waals surface area contributed by atoms with Gasteiger partial charge in [-0.3, -0.25) is 48.1 Å². The first-order chi connectivity index (χ1) is 35.9. The van der Waals surface area contributed by atoms with Crippen LogP contribution in [0.1, 0.15) is 77.3 Å². The number of aliphatic carboxylic acids is 1. The van der Waals surface area contributed by atoms with Crippen molar-refractivity contribution in [2.45, 2.75) is 127 Å². The molecule has 1 heterocycles. The highest BCUT2D eigenvalue weighted by Crippen LogP contribution is 2.20. The topological polar surface area (TPSA) is 474 Å². The second kappa shape index (κ2) is 30.1. The average molecular weight is 1070 g/mol. The summed E-state index contributed by atoms with van der Waals surface area (Å²) in [5.74, 6) is -12.1. The Bertz CT molecular complexity index is 2550. The summed E-state index contributed by atoms with van der Waals surface area (Å²) in [5, 5.41) is 47.5. The molecule has 0 saturated carbocycles.